The van der Waals surface area contributed by atoms with E-state index in [4.69, 9.17) is 17.3 Å². The molecule has 6 heteroatoms. The highest BCUT2D eigenvalue weighted by molar-refractivity contribution is 14.1. The standard InChI is InChI=1S/C9H6ClFIN3/c10-6-1-9(8(13)2-7(6)11)15-4-5(12)3-14-15/h1-4H,13H2. The van der Waals surface area contributed by atoms with Crippen LogP contribution < -0.4 is 5.73 Å². The van der Waals surface area contributed by atoms with Crippen LogP contribution >= 0.6 is 34.2 Å². The van der Waals surface area contributed by atoms with Crippen LogP contribution in [0.15, 0.2) is 24.5 Å². The van der Waals surface area contributed by atoms with E-state index < -0.39 is 5.82 Å². The lowest BCUT2D eigenvalue weighted by atomic mass is 10.2. The number of nitrogens with two attached hydrogens (primary N) is 1. The summed E-state index contributed by atoms with van der Waals surface area (Å²) in [5.41, 5.74) is 6.55. The van der Waals surface area contributed by atoms with Gasteiger partial charge in [0, 0.05) is 12.3 Å². The molecular weight excluding hydrogens is 331 g/mol. The highest BCUT2D eigenvalue weighted by Crippen LogP contribution is 2.25. The molecule has 0 aliphatic carbocycles. The molecule has 0 fully saturated rings. The van der Waals surface area contributed by atoms with E-state index in [9.17, 15) is 4.39 Å². The van der Waals surface area contributed by atoms with Gasteiger partial charge in [-0.15, -0.1) is 0 Å². The third-order valence-corrected chi connectivity index (χ3v) is 2.71. The van der Waals surface area contributed by atoms with Gasteiger partial charge < -0.3 is 5.73 Å². The third kappa shape index (κ3) is 2.07. The molecule has 1 heterocycles. The molecule has 0 aliphatic rings. The predicted molar refractivity (Wildman–Crippen MR) is 65.7 cm³/mol. The summed E-state index contributed by atoms with van der Waals surface area (Å²) in [6.07, 6.45) is 3.46. The Hall–Kier alpha value is -0.820. The van der Waals surface area contributed by atoms with E-state index in [1.165, 1.54) is 12.1 Å². The van der Waals surface area contributed by atoms with Gasteiger partial charge in [-0.2, -0.15) is 5.10 Å². The van der Waals surface area contributed by atoms with Crippen LogP contribution in [0.5, 0.6) is 0 Å². The largest absolute Gasteiger partial charge is 0.397 e. The topological polar surface area (TPSA) is 43.8 Å². The predicted octanol–water partition coefficient (Wildman–Crippen LogP) is 2.85. The maximum absolute atomic E-state index is 13.0. The molecule has 0 saturated carbocycles. The van der Waals surface area contributed by atoms with Gasteiger partial charge in [0.1, 0.15) is 5.82 Å². The molecule has 0 unspecified atom stereocenters. The van der Waals surface area contributed by atoms with Crippen molar-refractivity contribution in [2.45, 2.75) is 0 Å². The van der Waals surface area contributed by atoms with Crippen molar-refractivity contribution in [3.8, 4) is 5.69 Å². The van der Waals surface area contributed by atoms with Crippen molar-refractivity contribution in [2.75, 3.05) is 5.73 Å². The van der Waals surface area contributed by atoms with E-state index >= 15 is 0 Å². The summed E-state index contributed by atoms with van der Waals surface area (Å²) >= 11 is 7.79. The highest BCUT2D eigenvalue weighted by atomic mass is 127. The van der Waals surface area contributed by atoms with Crippen LogP contribution in [0.1, 0.15) is 0 Å². The Bertz CT molecular complexity index is 512. The number of anilines is 1. The number of aromatic nitrogens is 2. The molecule has 2 aromatic rings. The van der Waals surface area contributed by atoms with E-state index in [1.54, 1.807) is 17.1 Å². The number of hydrogen-bond acceptors (Lipinski definition) is 2. The molecule has 0 atom stereocenters. The summed E-state index contributed by atoms with van der Waals surface area (Å²) in [4.78, 5) is 0. The van der Waals surface area contributed by atoms with Gasteiger partial charge in [0.05, 0.1) is 26.2 Å². The molecule has 0 aliphatic heterocycles. The molecule has 0 amide bonds. The molecule has 0 spiro atoms. The zero-order valence-electron chi connectivity index (χ0n) is 7.42. The first-order chi connectivity index (χ1) is 7.08. The lowest BCUT2D eigenvalue weighted by Crippen LogP contribution is -2.01. The van der Waals surface area contributed by atoms with E-state index in [1.807, 2.05) is 0 Å². The lowest BCUT2D eigenvalue weighted by molar-refractivity contribution is 0.628. The van der Waals surface area contributed by atoms with Crippen molar-refractivity contribution in [1.29, 1.82) is 0 Å². The minimum absolute atomic E-state index is 0.0321. The maximum Gasteiger partial charge on any atom is 0.143 e. The number of nitrogen functional groups attached to an aromatic ring is 1. The average molecular weight is 338 g/mol. The number of benzene rings is 1. The van der Waals surface area contributed by atoms with E-state index in [2.05, 4.69) is 27.7 Å². The van der Waals surface area contributed by atoms with Crippen molar-refractivity contribution in [1.82, 2.24) is 9.78 Å². The Labute approximate surface area is 104 Å². The quantitative estimate of drug-likeness (QED) is 0.642. The minimum atomic E-state index is -0.528. The molecule has 15 heavy (non-hydrogen) atoms. The van der Waals surface area contributed by atoms with Gasteiger partial charge in [0.25, 0.3) is 0 Å². The fraction of sp³-hybridized carbons (Fsp3) is 0. The van der Waals surface area contributed by atoms with E-state index in [0.717, 1.165) is 3.57 Å². The normalized spacial score (nSPS) is 10.6. The molecule has 1 aromatic heterocycles. The first kappa shape index (κ1) is 10.7. The Balaban J connectivity index is 2.58. The lowest BCUT2D eigenvalue weighted by Gasteiger charge is -2.06. The second kappa shape index (κ2) is 3.97. The highest BCUT2D eigenvalue weighted by Gasteiger charge is 2.08. The maximum atomic E-state index is 13.0. The fourth-order valence-electron chi connectivity index (χ4n) is 1.18. The van der Waals surface area contributed by atoms with Gasteiger partial charge in [0.15, 0.2) is 0 Å². The smallest absolute Gasteiger partial charge is 0.143 e. The number of hydrogen-bond donors (Lipinski definition) is 1. The summed E-state index contributed by atoms with van der Waals surface area (Å²) in [6.45, 7) is 0. The molecule has 0 saturated heterocycles. The zero-order valence-corrected chi connectivity index (χ0v) is 10.3. The van der Waals surface area contributed by atoms with Gasteiger partial charge in [-0.05, 0) is 28.7 Å². The molecule has 2 N–H and O–H groups in total. The van der Waals surface area contributed by atoms with Crippen LogP contribution in [0, 0.1) is 9.39 Å². The Morgan fingerprint density at radius 2 is 2.20 bits per heavy atom. The van der Waals surface area contributed by atoms with E-state index in [-0.39, 0.29) is 5.02 Å². The van der Waals surface area contributed by atoms with Gasteiger partial charge in [-0.25, -0.2) is 9.07 Å². The van der Waals surface area contributed by atoms with Gasteiger partial charge in [-0.3, -0.25) is 0 Å². The Morgan fingerprint density at radius 3 is 2.80 bits per heavy atom. The Kier molecular flexibility index (Phi) is 2.83. The summed E-state index contributed by atoms with van der Waals surface area (Å²) in [5, 5.41) is 4.10. The zero-order chi connectivity index (χ0) is 11.0. The first-order valence-electron chi connectivity index (χ1n) is 4.03. The first-order valence-corrected chi connectivity index (χ1v) is 5.48. The van der Waals surface area contributed by atoms with Crippen molar-refractivity contribution in [3.05, 3.63) is 38.9 Å². The molecule has 1 aromatic carbocycles. The monoisotopic (exact) mass is 337 g/mol. The van der Waals surface area contributed by atoms with Crippen molar-refractivity contribution >= 4 is 39.9 Å². The van der Waals surface area contributed by atoms with E-state index in [0.29, 0.717) is 11.4 Å². The Morgan fingerprint density at radius 1 is 1.47 bits per heavy atom. The fourth-order valence-corrected chi connectivity index (χ4v) is 1.73. The number of nitrogens with zero attached hydrogens (tertiary/aromatic N) is 2. The molecular formula is C9H6ClFIN3. The number of rotatable bonds is 1. The molecule has 0 radical (unpaired) electrons. The second-order valence-electron chi connectivity index (χ2n) is 2.93. The van der Waals surface area contributed by atoms with Crippen LogP contribution in [-0.2, 0) is 0 Å². The van der Waals surface area contributed by atoms with Crippen molar-refractivity contribution in [2.24, 2.45) is 0 Å². The summed E-state index contributed by atoms with van der Waals surface area (Å²) in [5.74, 6) is -0.528. The SMILES string of the molecule is Nc1cc(F)c(Cl)cc1-n1cc(I)cn1. The third-order valence-electron chi connectivity index (χ3n) is 1.87. The molecule has 0 bridgehead atoms. The average Bonchev–Trinajstić information content (AvgIpc) is 2.58. The van der Waals surface area contributed by atoms with Crippen LogP contribution in [0.4, 0.5) is 10.1 Å². The van der Waals surface area contributed by atoms with Crippen molar-refractivity contribution < 1.29 is 4.39 Å². The molecule has 3 nitrogen and oxygen atoms in total. The van der Waals surface area contributed by atoms with Crippen LogP contribution in [0.2, 0.25) is 5.02 Å². The molecule has 2 rings (SSSR count). The number of halogens is 3. The van der Waals surface area contributed by atoms with Crippen LogP contribution in [0.3, 0.4) is 0 Å². The second-order valence-corrected chi connectivity index (χ2v) is 4.58. The summed E-state index contributed by atoms with van der Waals surface area (Å²) in [6, 6.07) is 2.64. The van der Waals surface area contributed by atoms with Gasteiger partial charge in [0.2, 0.25) is 0 Å². The van der Waals surface area contributed by atoms with Gasteiger partial charge >= 0.3 is 0 Å². The van der Waals surface area contributed by atoms with Crippen LogP contribution in [-0.4, -0.2) is 9.78 Å². The van der Waals surface area contributed by atoms with Crippen molar-refractivity contribution in [3.63, 3.8) is 0 Å². The summed E-state index contributed by atoms with van der Waals surface area (Å²) in [7, 11) is 0. The van der Waals surface area contributed by atoms with Crippen LogP contribution in [0.25, 0.3) is 5.69 Å². The summed E-state index contributed by atoms with van der Waals surface area (Å²) < 4.78 is 15.6. The minimum Gasteiger partial charge on any atom is -0.397 e. The van der Waals surface area contributed by atoms with Gasteiger partial charge in [-0.1, -0.05) is 11.6 Å². The molecule has 78 valence electrons.